The van der Waals surface area contributed by atoms with Crippen molar-refractivity contribution >= 4 is 5.78 Å². The summed E-state index contributed by atoms with van der Waals surface area (Å²) in [6, 6.07) is 0. The summed E-state index contributed by atoms with van der Waals surface area (Å²) in [6.07, 6.45) is 18.5. The number of ketones is 1. The smallest absolute Gasteiger partial charge is 0.129 e. The van der Waals surface area contributed by atoms with Crippen molar-refractivity contribution in [1.29, 1.82) is 0 Å². The summed E-state index contributed by atoms with van der Waals surface area (Å²) in [6.45, 7) is 1.79. The van der Waals surface area contributed by atoms with Crippen LogP contribution < -0.4 is 0 Å². The first-order chi connectivity index (χ1) is 9.77. The molecule has 0 saturated carbocycles. The molecule has 0 spiro atoms. The maximum absolute atomic E-state index is 10.8. The van der Waals surface area contributed by atoms with Crippen molar-refractivity contribution in [2.45, 2.75) is 103 Å². The van der Waals surface area contributed by atoms with Crippen molar-refractivity contribution in [3.8, 4) is 0 Å². The van der Waals surface area contributed by atoms with E-state index in [9.17, 15) is 9.90 Å². The van der Waals surface area contributed by atoms with Crippen molar-refractivity contribution in [2.24, 2.45) is 0 Å². The molecule has 0 aliphatic heterocycles. The molecular weight excluding hydrogens is 248 g/mol. The maximum Gasteiger partial charge on any atom is 0.129 e. The predicted molar refractivity (Wildman–Crippen MR) is 85.5 cm³/mol. The third-order valence-electron chi connectivity index (χ3n) is 3.92. The van der Waals surface area contributed by atoms with E-state index >= 15 is 0 Å². The predicted octanol–water partition coefficient (Wildman–Crippen LogP) is 5.86. The summed E-state index contributed by atoms with van der Waals surface area (Å²) < 4.78 is 0. The van der Waals surface area contributed by atoms with Gasteiger partial charge < -0.3 is 4.79 Å². The quantitative estimate of drug-likeness (QED) is 0.327. The molecule has 0 bridgehead atoms. The number of carbonyl (C=O) groups is 1. The van der Waals surface area contributed by atoms with Gasteiger partial charge in [0.25, 0.3) is 0 Å². The minimum absolute atomic E-state index is 0.106. The third-order valence-corrected chi connectivity index (χ3v) is 3.92. The molecule has 1 radical (unpaired) electrons. The molecule has 0 aromatic carbocycles. The van der Waals surface area contributed by atoms with E-state index in [2.05, 4.69) is 0 Å². The fourth-order valence-corrected chi connectivity index (χ4v) is 2.60. The van der Waals surface area contributed by atoms with Crippen LogP contribution in [0, 0.1) is 0 Å². The molecule has 0 atom stereocenters. The Balaban J connectivity index is 2.94. The molecule has 0 rings (SSSR count). The molecule has 0 saturated heterocycles. The van der Waals surface area contributed by atoms with Gasteiger partial charge in [0.05, 0.1) is 6.61 Å². The highest BCUT2D eigenvalue weighted by atomic mass is 16.2. The van der Waals surface area contributed by atoms with Gasteiger partial charge in [0.1, 0.15) is 5.78 Å². The lowest BCUT2D eigenvalue weighted by molar-refractivity contribution is -0.117. The fraction of sp³-hybridized carbons (Fsp3) is 0.944. The number of unbranched alkanes of at least 4 members (excludes halogenated alkanes) is 13. The molecule has 0 aliphatic carbocycles. The summed E-state index contributed by atoms with van der Waals surface area (Å²) >= 11 is 0. The zero-order chi connectivity index (χ0) is 14.9. The van der Waals surface area contributed by atoms with E-state index in [1.54, 1.807) is 6.92 Å². The van der Waals surface area contributed by atoms with Crippen molar-refractivity contribution < 1.29 is 9.90 Å². The standard InChI is InChI=1S/C18H35O2/c1-18(20)16-14-12-10-8-6-4-2-3-5-7-9-11-13-15-17-19/h2-17H2,1H3. The van der Waals surface area contributed by atoms with Gasteiger partial charge in [-0.05, 0) is 19.8 Å². The lowest BCUT2D eigenvalue weighted by Crippen LogP contribution is -1.89. The van der Waals surface area contributed by atoms with Crippen molar-refractivity contribution in [1.82, 2.24) is 0 Å². The van der Waals surface area contributed by atoms with E-state index in [1.807, 2.05) is 0 Å². The van der Waals surface area contributed by atoms with Crippen LogP contribution in [0.4, 0.5) is 0 Å². The SMILES string of the molecule is CC(=O)CCCCCCCCCCCCCCCC[O]. The highest BCUT2D eigenvalue weighted by Crippen LogP contribution is 2.13. The molecule has 0 N–H and O–H groups in total. The van der Waals surface area contributed by atoms with Crippen LogP contribution in [-0.4, -0.2) is 12.4 Å². The summed E-state index contributed by atoms with van der Waals surface area (Å²) in [5.74, 6) is 0.332. The first-order valence-corrected chi connectivity index (χ1v) is 8.85. The van der Waals surface area contributed by atoms with Crippen LogP contribution in [0.2, 0.25) is 0 Å². The molecule has 0 unspecified atom stereocenters. The van der Waals surface area contributed by atoms with Gasteiger partial charge in [0.2, 0.25) is 0 Å². The second kappa shape index (κ2) is 16.7. The van der Waals surface area contributed by atoms with Crippen LogP contribution in [0.5, 0.6) is 0 Å². The molecule has 20 heavy (non-hydrogen) atoms. The molecule has 0 amide bonds. The van der Waals surface area contributed by atoms with E-state index in [-0.39, 0.29) is 6.61 Å². The Bertz CT molecular complexity index is 202. The van der Waals surface area contributed by atoms with Crippen LogP contribution in [0.3, 0.4) is 0 Å². The lowest BCUT2D eigenvalue weighted by atomic mass is 10.0. The number of hydrogen-bond donors (Lipinski definition) is 0. The van der Waals surface area contributed by atoms with Crippen LogP contribution in [0.25, 0.3) is 0 Å². The molecule has 2 heteroatoms. The number of Topliss-reactive ketones (excluding diaryl/α,β-unsaturated/α-hetero) is 1. The molecule has 0 aromatic rings. The van der Waals surface area contributed by atoms with E-state index in [0.717, 1.165) is 25.7 Å². The van der Waals surface area contributed by atoms with Gasteiger partial charge >= 0.3 is 0 Å². The monoisotopic (exact) mass is 283 g/mol. The molecule has 0 heterocycles. The van der Waals surface area contributed by atoms with Crippen LogP contribution in [0.1, 0.15) is 103 Å². The summed E-state index contributed by atoms with van der Waals surface area (Å²) in [5, 5.41) is 10.3. The van der Waals surface area contributed by atoms with Gasteiger partial charge in [-0.15, -0.1) is 0 Å². The summed E-state index contributed by atoms with van der Waals surface area (Å²) in [4.78, 5) is 10.8. The minimum Gasteiger partial charge on any atom is -0.300 e. The Morgan fingerprint density at radius 3 is 1.15 bits per heavy atom. The largest absolute Gasteiger partial charge is 0.300 e. The average molecular weight is 283 g/mol. The molecular formula is C18H35O2. The second-order valence-electron chi connectivity index (χ2n) is 6.11. The minimum atomic E-state index is 0.106. The van der Waals surface area contributed by atoms with Gasteiger partial charge in [-0.3, -0.25) is 0 Å². The Kier molecular flexibility index (Phi) is 16.4. The number of carbonyl (C=O) groups excluding carboxylic acids is 1. The van der Waals surface area contributed by atoms with Gasteiger partial charge in [-0.2, -0.15) is 0 Å². The topological polar surface area (TPSA) is 37.0 Å². The van der Waals surface area contributed by atoms with Gasteiger partial charge in [-0.25, -0.2) is 5.11 Å². The fourth-order valence-electron chi connectivity index (χ4n) is 2.60. The third kappa shape index (κ3) is 17.6. The molecule has 0 aromatic heterocycles. The first-order valence-electron chi connectivity index (χ1n) is 8.85. The Labute approximate surface area is 126 Å². The van der Waals surface area contributed by atoms with Crippen molar-refractivity contribution in [3.05, 3.63) is 0 Å². The van der Waals surface area contributed by atoms with Crippen molar-refractivity contribution in [3.63, 3.8) is 0 Å². The zero-order valence-corrected chi connectivity index (χ0v) is 13.6. The Morgan fingerprint density at radius 1 is 0.550 bits per heavy atom. The highest BCUT2D eigenvalue weighted by molar-refractivity contribution is 5.75. The Hall–Kier alpha value is -0.370. The Morgan fingerprint density at radius 2 is 0.850 bits per heavy atom. The van der Waals surface area contributed by atoms with Crippen LogP contribution in [-0.2, 0) is 9.90 Å². The number of rotatable bonds is 16. The molecule has 2 nitrogen and oxygen atoms in total. The van der Waals surface area contributed by atoms with Crippen molar-refractivity contribution in [2.75, 3.05) is 6.61 Å². The second-order valence-corrected chi connectivity index (χ2v) is 6.11. The number of hydrogen-bond acceptors (Lipinski definition) is 1. The first kappa shape index (κ1) is 19.6. The van der Waals surface area contributed by atoms with Gasteiger partial charge in [-0.1, -0.05) is 77.0 Å². The normalized spacial score (nSPS) is 10.9. The van der Waals surface area contributed by atoms with E-state index in [1.165, 1.54) is 70.6 Å². The van der Waals surface area contributed by atoms with Crippen LogP contribution in [0.15, 0.2) is 0 Å². The molecule has 0 aliphatic rings. The summed E-state index contributed by atoms with van der Waals surface area (Å²) in [7, 11) is 0. The maximum atomic E-state index is 10.8. The summed E-state index contributed by atoms with van der Waals surface area (Å²) in [5.41, 5.74) is 0. The van der Waals surface area contributed by atoms with E-state index < -0.39 is 0 Å². The highest BCUT2D eigenvalue weighted by Gasteiger charge is 1.95. The van der Waals surface area contributed by atoms with E-state index in [4.69, 9.17) is 0 Å². The zero-order valence-electron chi connectivity index (χ0n) is 13.6. The van der Waals surface area contributed by atoms with E-state index in [0.29, 0.717) is 5.78 Å². The average Bonchev–Trinajstić information content (AvgIpc) is 2.43. The van der Waals surface area contributed by atoms with Gasteiger partial charge in [0, 0.05) is 6.42 Å². The lowest BCUT2D eigenvalue weighted by Gasteiger charge is -2.03. The molecule has 119 valence electrons. The van der Waals surface area contributed by atoms with Gasteiger partial charge in [0.15, 0.2) is 0 Å². The molecule has 0 fully saturated rings. The van der Waals surface area contributed by atoms with Crippen LogP contribution >= 0.6 is 0 Å².